The maximum atomic E-state index is 12.0. The molecule has 0 radical (unpaired) electrons. The van der Waals surface area contributed by atoms with E-state index < -0.39 is 0 Å². The molecule has 17 heavy (non-hydrogen) atoms. The van der Waals surface area contributed by atoms with Crippen molar-refractivity contribution < 1.29 is 13.9 Å². The Morgan fingerprint density at radius 2 is 2.29 bits per heavy atom. The lowest BCUT2D eigenvalue weighted by Gasteiger charge is -2.35. The summed E-state index contributed by atoms with van der Waals surface area (Å²) in [5.41, 5.74) is 1.99. The molecule has 0 unspecified atom stereocenters. The Kier molecular flexibility index (Phi) is 2.18. The number of carbonyl (C=O) groups excluding carboxylic acids is 1. The molecule has 1 aliphatic carbocycles. The third kappa shape index (κ3) is 1.38. The van der Waals surface area contributed by atoms with Crippen molar-refractivity contribution in [3.05, 3.63) is 35.8 Å². The van der Waals surface area contributed by atoms with Gasteiger partial charge in [0.15, 0.2) is 0 Å². The van der Waals surface area contributed by atoms with Gasteiger partial charge in [-0.15, -0.1) is 0 Å². The second kappa shape index (κ2) is 3.49. The van der Waals surface area contributed by atoms with Crippen LogP contribution in [0.15, 0.2) is 34.7 Å². The van der Waals surface area contributed by atoms with Crippen molar-refractivity contribution in [1.29, 1.82) is 0 Å². The average Bonchev–Trinajstić information content (AvgIpc) is 2.85. The molecule has 3 nitrogen and oxygen atoms in total. The van der Waals surface area contributed by atoms with E-state index in [1.165, 1.54) is 0 Å². The monoisotopic (exact) mass is 232 g/mol. The SMILES string of the molecule is CC1=CCC[C@]2(C)[C@H]1C(=O)O[C@H]2c1ccoc1. The molecular formula is C14H16O3. The van der Waals surface area contributed by atoms with Gasteiger partial charge in [-0.2, -0.15) is 0 Å². The summed E-state index contributed by atoms with van der Waals surface area (Å²) in [6.45, 7) is 4.18. The second-order valence-corrected chi connectivity index (χ2v) is 5.30. The van der Waals surface area contributed by atoms with Gasteiger partial charge in [-0.3, -0.25) is 4.79 Å². The molecule has 3 rings (SSSR count). The topological polar surface area (TPSA) is 39.4 Å². The van der Waals surface area contributed by atoms with Crippen molar-refractivity contribution in [3.8, 4) is 0 Å². The van der Waals surface area contributed by atoms with Crippen LogP contribution >= 0.6 is 0 Å². The van der Waals surface area contributed by atoms with Crippen molar-refractivity contribution in [2.75, 3.05) is 0 Å². The zero-order valence-electron chi connectivity index (χ0n) is 10.1. The van der Waals surface area contributed by atoms with Crippen LogP contribution in [0.25, 0.3) is 0 Å². The summed E-state index contributed by atoms with van der Waals surface area (Å²) in [5, 5.41) is 0. The van der Waals surface area contributed by atoms with Crippen LogP contribution in [0.4, 0.5) is 0 Å². The van der Waals surface area contributed by atoms with Crippen molar-refractivity contribution in [3.63, 3.8) is 0 Å². The number of carbonyl (C=O) groups is 1. The lowest BCUT2D eigenvalue weighted by molar-refractivity contribution is -0.143. The first kappa shape index (κ1) is 10.6. The molecule has 1 aromatic heterocycles. The number of cyclic esters (lactones) is 1. The van der Waals surface area contributed by atoms with Crippen LogP contribution in [0.5, 0.6) is 0 Å². The highest BCUT2D eigenvalue weighted by atomic mass is 16.6. The van der Waals surface area contributed by atoms with Crippen molar-refractivity contribution in [2.24, 2.45) is 11.3 Å². The van der Waals surface area contributed by atoms with E-state index >= 15 is 0 Å². The number of allylic oxidation sites excluding steroid dienone is 1. The highest BCUT2D eigenvalue weighted by molar-refractivity contribution is 5.80. The minimum Gasteiger partial charge on any atom is -0.472 e. The van der Waals surface area contributed by atoms with Crippen molar-refractivity contribution in [1.82, 2.24) is 0 Å². The van der Waals surface area contributed by atoms with Crippen LogP contribution in [0.2, 0.25) is 0 Å². The molecule has 1 fully saturated rings. The molecule has 0 aromatic carbocycles. The van der Waals surface area contributed by atoms with Gasteiger partial charge >= 0.3 is 5.97 Å². The first-order valence-electron chi connectivity index (χ1n) is 6.02. The fourth-order valence-corrected chi connectivity index (χ4v) is 3.32. The van der Waals surface area contributed by atoms with E-state index in [1.807, 2.05) is 13.0 Å². The minimum atomic E-state index is -0.164. The van der Waals surface area contributed by atoms with E-state index in [4.69, 9.17) is 9.15 Å². The highest BCUT2D eigenvalue weighted by Crippen LogP contribution is 2.56. The fraction of sp³-hybridized carbons (Fsp3) is 0.500. The summed E-state index contributed by atoms with van der Waals surface area (Å²) in [5.74, 6) is -0.177. The fourth-order valence-electron chi connectivity index (χ4n) is 3.32. The Morgan fingerprint density at radius 3 is 3.00 bits per heavy atom. The van der Waals surface area contributed by atoms with Crippen LogP contribution < -0.4 is 0 Å². The van der Waals surface area contributed by atoms with Crippen LogP contribution in [0.1, 0.15) is 38.4 Å². The largest absolute Gasteiger partial charge is 0.472 e. The maximum absolute atomic E-state index is 12.0. The van der Waals surface area contributed by atoms with E-state index in [0.29, 0.717) is 0 Å². The highest BCUT2D eigenvalue weighted by Gasteiger charge is 2.56. The lowest BCUT2D eigenvalue weighted by Crippen LogP contribution is -2.32. The van der Waals surface area contributed by atoms with Gasteiger partial charge in [-0.25, -0.2) is 0 Å². The third-order valence-corrected chi connectivity index (χ3v) is 4.18. The number of fused-ring (bicyclic) bond motifs is 1. The Balaban J connectivity index is 2.05. The Hall–Kier alpha value is -1.51. The molecule has 2 aliphatic rings. The predicted molar refractivity (Wildman–Crippen MR) is 62.1 cm³/mol. The quantitative estimate of drug-likeness (QED) is 0.551. The minimum absolute atomic E-state index is 0.0869. The Bertz CT molecular complexity index is 472. The Morgan fingerprint density at radius 1 is 1.47 bits per heavy atom. The standard InChI is InChI=1S/C14H16O3/c1-9-4-3-6-14(2)11(9)13(15)17-12(14)10-5-7-16-8-10/h4-5,7-8,11-12H,3,6H2,1-2H3/t11-,12+,14-/m1/s1. The zero-order valence-corrected chi connectivity index (χ0v) is 10.1. The number of hydrogen-bond acceptors (Lipinski definition) is 3. The van der Waals surface area contributed by atoms with Gasteiger partial charge in [0.25, 0.3) is 0 Å². The molecule has 3 atom stereocenters. The smallest absolute Gasteiger partial charge is 0.314 e. The summed E-state index contributed by atoms with van der Waals surface area (Å²) in [6.07, 6.45) is 7.30. The molecule has 0 amide bonds. The van der Waals surface area contributed by atoms with Gasteiger partial charge in [-0.1, -0.05) is 18.6 Å². The maximum Gasteiger partial charge on any atom is 0.314 e. The number of hydrogen-bond donors (Lipinski definition) is 0. The third-order valence-electron chi connectivity index (χ3n) is 4.18. The molecular weight excluding hydrogens is 216 g/mol. The van der Waals surface area contributed by atoms with E-state index in [1.54, 1.807) is 12.5 Å². The van der Waals surface area contributed by atoms with Gasteiger partial charge < -0.3 is 9.15 Å². The lowest BCUT2D eigenvalue weighted by atomic mass is 9.65. The number of furan rings is 1. The first-order chi connectivity index (χ1) is 8.13. The summed E-state index contributed by atoms with van der Waals surface area (Å²) in [4.78, 5) is 12.0. The second-order valence-electron chi connectivity index (χ2n) is 5.30. The summed E-state index contributed by atoms with van der Waals surface area (Å²) in [6, 6.07) is 1.89. The summed E-state index contributed by atoms with van der Waals surface area (Å²) < 4.78 is 10.7. The molecule has 0 bridgehead atoms. The van der Waals surface area contributed by atoms with Crippen LogP contribution in [0.3, 0.4) is 0 Å². The van der Waals surface area contributed by atoms with Gasteiger partial charge in [0, 0.05) is 11.0 Å². The summed E-state index contributed by atoms with van der Waals surface area (Å²) in [7, 11) is 0. The van der Waals surface area contributed by atoms with E-state index in [2.05, 4.69) is 13.0 Å². The van der Waals surface area contributed by atoms with Crippen LogP contribution in [0, 0.1) is 11.3 Å². The van der Waals surface area contributed by atoms with Crippen molar-refractivity contribution >= 4 is 5.97 Å². The average molecular weight is 232 g/mol. The van der Waals surface area contributed by atoms with E-state index in [0.717, 1.165) is 24.0 Å². The number of ether oxygens (including phenoxy) is 1. The molecule has 0 spiro atoms. The molecule has 1 saturated heterocycles. The molecule has 3 heteroatoms. The normalized spacial score (nSPS) is 36.4. The molecule has 90 valence electrons. The first-order valence-corrected chi connectivity index (χ1v) is 6.02. The van der Waals surface area contributed by atoms with E-state index in [-0.39, 0.29) is 23.4 Å². The van der Waals surface area contributed by atoms with Gasteiger partial charge in [0.1, 0.15) is 6.10 Å². The van der Waals surface area contributed by atoms with Gasteiger partial charge in [0.2, 0.25) is 0 Å². The molecule has 1 aliphatic heterocycles. The molecule has 0 saturated carbocycles. The number of esters is 1. The molecule has 1 aromatic rings. The van der Waals surface area contributed by atoms with Crippen molar-refractivity contribution in [2.45, 2.75) is 32.8 Å². The number of rotatable bonds is 1. The zero-order chi connectivity index (χ0) is 12.0. The van der Waals surface area contributed by atoms with E-state index in [9.17, 15) is 4.79 Å². The van der Waals surface area contributed by atoms with Gasteiger partial charge in [0.05, 0.1) is 18.4 Å². The van der Waals surface area contributed by atoms with Gasteiger partial charge in [-0.05, 0) is 25.8 Å². The predicted octanol–water partition coefficient (Wildman–Crippen LogP) is 3.24. The Labute approximate surface area is 100 Å². The van der Waals surface area contributed by atoms with Crippen LogP contribution in [-0.2, 0) is 9.53 Å². The molecule has 2 heterocycles. The van der Waals surface area contributed by atoms with Crippen LogP contribution in [-0.4, -0.2) is 5.97 Å². The summed E-state index contributed by atoms with van der Waals surface area (Å²) >= 11 is 0. The molecule has 0 N–H and O–H groups in total.